The third kappa shape index (κ3) is 3.34. The van der Waals surface area contributed by atoms with Crippen molar-refractivity contribution in [2.45, 2.75) is 0 Å². The van der Waals surface area contributed by atoms with Gasteiger partial charge in [-0.2, -0.15) is 0 Å². The van der Waals surface area contributed by atoms with Crippen molar-refractivity contribution >= 4 is 21.7 Å². The number of allylic oxidation sites excluding steroid dienone is 1. The third-order valence-corrected chi connectivity index (χ3v) is 2.18. The van der Waals surface area contributed by atoms with Crippen molar-refractivity contribution in [3.63, 3.8) is 0 Å². The maximum atomic E-state index is 11.5. The normalized spacial score (nSPS) is 10.5. The Bertz CT molecular complexity index is 341. The smallest absolute Gasteiger partial charge is 0.187 e. The second-order valence-corrected chi connectivity index (χ2v) is 4.07. The molecule has 0 atom stereocenters. The lowest BCUT2D eigenvalue weighted by Crippen LogP contribution is -2.02. The van der Waals surface area contributed by atoms with Crippen molar-refractivity contribution < 1.29 is 4.79 Å². The van der Waals surface area contributed by atoms with Crippen LogP contribution in [-0.2, 0) is 0 Å². The lowest BCUT2D eigenvalue weighted by molar-refractivity contribution is 0.104. The molecule has 0 aromatic heterocycles. The molecule has 1 rings (SSSR count). The van der Waals surface area contributed by atoms with Crippen LogP contribution >= 0.6 is 15.9 Å². The minimum Gasteiger partial charge on any atom is -0.383 e. The van der Waals surface area contributed by atoms with E-state index in [0.29, 0.717) is 5.56 Å². The largest absolute Gasteiger partial charge is 0.383 e. The first-order chi connectivity index (χ1) is 6.59. The molecule has 0 N–H and O–H groups in total. The molecule has 0 saturated heterocycles. The summed E-state index contributed by atoms with van der Waals surface area (Å²) in [7, 11) is 3.76. The van der Waals surface area contributed by atoms with Crippen molar-refractivity contribution in [2.24, 2.45) is 0 Å². The van der Waals surface area contributed by atoms with Gasteiger partial charge in [-0.3, -0.25) is 4.79 Å². The van der Waals surface area contributed by atoms with Crippen LogP contribution in [0.2, 0.25) is 0 Å². The molecular weight excluding hydrogens is 242 g/mol. The van der Waals surface area contributed by atoms with Crippen LogP contribution in [0.4, 0.5) is 0 Å². The number of halogens is 1. The molecule has 0 heterocycles. The zero-order chi connectivity index (χ0) is 10.6. The molecule has 14 heavy (non-hydrogen) atoms. The van der Waals surface area contributed by atoms with Crippen molar-refractivity contribution in [3.05, 3.63) is 46.6 Å². The van der Waals surface area contributed by atoms with Crippen LogP contribution in [0.5, 0.6) is 0 Å². The fourth-order valence-corrected chi connectivity index (χ4v) is 1.19. The second-order valence-electron chi connectivity index (χ2n) is 3.15. The van der Waals surface area contributed by atoms with Crippen molar-refractivity contribution in [3.8, 4) is 0 Å². The lowest BCUT2D eigenvalue weighted by Gasteiger charge is -2.02. The minimum absolute atomic E-state index is 0.0196. The number of carbonyl (C=O) groups excluding carboxylic acids is 1. The summed E-state index contributed by atoms with van der Waals surface area (Å²) in [4.78, 5) is 13.4. The predicted octanol–water partition coefficient (Wildman–Crippen LogP) is 2.71. The molecule has 3 heteroatoms. The number of nitrogens with zero attached hydrogens (tertiary/aromatic N) is 1. The van der Waals surface area contributed by atoms with Crippen LogP contribution in [-0.4, -0.2) is 24.8 Å². The number of hydrogen-bond donors (Lipinski definition) is 0. The van der Waals surface area contributed by atoms with Gasteiger partial charge in [-0.15, -0.1) is 0 Å². The molecule has 0 unspecified atom stereocenters. The van der Waals surface area contributed by atoms with Gasteiger partial charge in [0.1, 0.15) is 0 Å². The average Bonchev–Trinajstić information content (AvgIpc) is 2.15. The summed E-state index contributed by atoms with van der Waals surface area (Å²) in [6.07, 6.45) is 3.30. The summed E-state index contributed by atoms with van der Waals surface area (Å²) in [5.41, 5.74) is 0.700. The molecule has 0 aliphatic heterocycles. The molecule has 0 aliphatic carbocycles. The summed E-state index contributed by atoms with van der Waals surface area (Å²) in [6.45, 7) is 0. The molecule has 1 aromatic carbocycles. The van der Waals surface area contributed by atoms with Gasteiger partial charge in [0.2, 0.25) is 0 Å². The first-order valence-corrected chi connectivity index (χ1v) is 5.03. The van der Waals surface area contributed by atoms with Gasteiger partial charge in [-0.25, -0.2) is 0 Å². The maximum absolute atomic E-state index is 11.5. The molecule has 0 amide bonds. The van der Waals surface area contributed by atoms with E-state index in [9.17, 15) is 4.79 Å². The Morgan fingerprint density at radius 1 is 1.29 bits per heavy atom. The highest BCUT2D eigenvalue weighted by molar-refractivity contribution is 9.10. The van der Waals surface area contributed by atoms with Crippen LogP contribution < -0.4 is 0 Å². The summed E-state index contributed by atoms with van der Waals surface area (Å²) < 4.78 is 0.977. The zero-order valence-corrected chi connectivity index (χ0v) is 9.78. The fourth-order valence-electron chi connectivity index (χ4n) is 0.927. The Hall–Kier alpha value is -1.09. The van der Waals surface area contributed by atoms with Gasteiger partial charge in [0.15, 0.2) is 5.78 Å². The first-order valence-electron chi connectivity index (χ1n) is 4.24. The van der Waals surface area contributed by atoms with Crippen LogP contribution in [0, 0.1) is 0 Å². The Labute approximate surface area is 92.4 Å². The lowest BCUT2D eigenvalue weighted by atomic mass is 10.1. The first kappa shape index (κ1) is 11.0. The number of carbonyl (C=O) groups is 1. The van der Waals surface area contributed by atoms with Gasteiger partial charge in [0.05, 0.1) is 0 Å². The molecule has 0 radical (unpaired) electrons. The summed E-state index contributed by atoms with van der Waals surface area (Å²) in [5.74, 6) is 0.0196. The van der Waals surface area contributed by atoms with E-state index in [1.54, 1.807) is 24.4 Å². The quantitative estimate of drug-likeness (QED) is 0.610. The molecule has 0 bridgehead atoms. The second kappa shape index (κ2) is 4.96. The van der Waals surface area contributed by atoms with Crippen LogP contribution in [0.15, 0.2) is 41.0 Å². The molecule has 74 valence electrons. The summed E-state index contributed by atoms with van der Waals surface area (Å²) >= 11 is 3.32. The number of ketones is 1. The van der Waals surface area contributed by atoms with Gasteiger partial charge in [0.25, 0.3) is 0 Å². The summed E-state index contributed by atoms with van der Waals surface area (Å²) in [6, 6.07) is 7.31. The summed E-state index contributed by atoms with van der Waals surface area (Å²) in [5, 5.41) is 0. The van der Waals surface area contributed by atoms with E-state index in [4.69, 9.17) is 0 Å². The third-order valence-electron chi connectivity index (χ3n) is 1.65. The van der Waals surface area contributed by atoms with Gasteiger partial charge in [-0.1, -0.05) is 15.9 Å². The molecule has 2 nitrogen and oxygen atoms in total. The SMILES string of the molecule is CN(C)C=CC(=O)c1ccc(Br)cc1. The molecule has 0 saturated carbocycles. The van der Waals surface area contributed by atoms with Crippen LogP contribution in [0.1, 0.15) is 10.4 Å². The van der Waals surface area contributed by atoms with E-state index < -0.39 is 0 Å². The highest BCUT2D eigenvalue weighted by Gasteiger charge is 2.00. The predicted molar refractivity (Wildman–Crippen MR) is 61.3 cm³/mol. The average molecular weight is 254 g/mol. The number of rotatable bonds is 3. The standard InChI is InChI=1S/C11H12BrNO/c1-13(2)8-7-11(14)9-3-5-10(12)6-4-9/h3-8H,1-2H3. The van der Waals surface area contributed by atoms with Gasteiger partial charge in [-0.05, 0) is 24.3 Å². The highest BCUT2D eigenvalue weighted by atomic mass is 79.9. The molecule has 1 aromatic rings. The van der Waals surface area contributed by atoms with Crippen LogP contribution in [0.25, 0.3) is 0 Å². The molecule has 0 aliphatic rings. The Balaban J connectivity index is 2.75. The maximum Gasteiger partial charge on any atom is 0.187 e. The number of benzene rings is 1. The molecule has 0 spiro atoms. The van der Waals surface area contributed by atoms with Crippen molar-refractivity contribution in [1.82, 2.24) is 4.90 Å². The van der Waals surface area contributed by atoms with Gasteiger partial charge >= 0.3 is 0 Å². The van der Waals surface area contributed by atoms with Crippen molar-refractivity contribution in [2.75, 3.05) is 14.1 Å². The van der Waals surface area contributed by atoms with E-state index in [0.717, 1.165) is 4.47 Å². The van der Waals surface area contributed by atoms with E-state index in [-0.39, 0.29) is 5.78 Å². The van der Waals surface area contributed by atoms with Crippen molar-refractivity contribution in [1.29, 1.82) is 0 Å². The van der Waals surface area contributed by atoms with E-state index in [2.05, 4.69) is 15.9 Å². The Morgan fingerprint density at radius 3 is 2.36 bits per heavy atom. The van der Waals surface area contributed by atoms with E-state index in [1.165, 1.54) is 0 Å². The Kier molecular flexibility index (Phi) is 3.89. The molecular formula is C11H12BrNO. The molecule has 0 fully saturated rings. The van der Waals surface area contributed by atoms with Gasteiger partial charge in [0, 0.05) is 36.4 Å². The topological polar surface area (TPSA) is 20.3 Å². The highest BCUT2D eigenvalue weighted by Crippen LogP contribution is 2.11. The van der Waals surface area contributed by atoms with Crippen LogP contribution in [0.3, 0.4) is 0 Å². The number of hydrogen-bond acceptors (Lipinski definition) is 2. The fraction of sp³-hybridized carbons (Fsp3) is 0.182. The monoisotopic (exact) mass is 253 g/mol. The Morgan fingerprint density at radius 2 is 1.86 bits per heavy atom. The minimum atomic E-state index is 0.0196. The zero-order valence-electron chi connectivity index (χ0n) is 8.20. The van der Waals surface area contributed by atoms with E-state index >= 15 is 0 Å². The van der Waals surface area contributed by atoms with Gasteiger partial charge < -0.3 is 4.90 Å². The van der Waals surface area contributed by atoms with E-state index in [1.807, 2.05) is 31.1 Å².